The number of nitrogens with zero attached hydrogens (tertiary/aromatic N) is 3. The Labute approximate surface area is 122 Å². The first-order valence-corrected chi connectivity index (χ1v) is 7.79. The van der Waals surface area contributed by atoms with Crippen molar-refractivity contribution in [2.45, 2.75) is 44.3 Å². The van der Waals surface area contributed by atoms with Gasteiger partial charge in [0.25, 0.3) is 0 Å². The van der Waals surface area contributed by atoms with Gasteiger partial charge in [-0.2, -0.15) is 0 Å². The molecule has 2 bridgehead atoms. The standard InChI is InChI=1S/C16H26N4/c1-12(17-2)15-5-4-9-18-16(15)20-10-8-13-6-7-14(11-20)19(13)3/h4-5,9,12-14,17H,6-8,10-11H2,1-3H3. The van der Waals surface area contributed by atoms with Gasteiger partial charge in [0.15, 0.2) is 0 Å². The van der Waals surface area contributed by atoms with Gasteiger partial charge in [-0.05, 0) is 46.3 Å². The Morgan fingerprint density at radius 3 is 2.90 bits per heavy atom. The molecule has 4 nitrogen and oxygen atoms in total. The molecule has 0 aliphatic carbocycles. The van der Waals surface area contributed by atoms with Crippen molar-refractivity contribution in [2.75, 3.05) is 32.1 Å². The van der Waals surface area contributed by atoms with Gasteiger partial charge in [0.05, 0.1) is 0 Å². The molecule has 1 aromatic heterocycles. The van der Waals surface area contributed by atoms with Crippen molar-refractivity contribution in [2.24, 2.45) is 0 Å². The monoisotopic (exact) mass is 274 g/mol. The molecule has 2 aliphatic rings. The number of nitrogens with one attached hydrogen (secondary N) is 1. The van der Waals surface area contributed by atoms with Crippen LogP contribution in [-0.4, -0.2) is 49.2 Å². The summed E-state index contributed by atoms with van der Waals surface area (Å²) in [6.45, 7) is 4.45. The molecular weight excluding hydrogens is 248 g/mol. The van der Waals surface area contributed by atoms with Crippen molar-refractivity contribution >= 4 is 5.82 Å². The molecule has 0 saturated carbocycles. The van der Waals surface area contributed by atoms with Gasteiger partial charge in [-0.25, -0.2) is 4.98 Å². The van der Waals surface area contributed by atoms with Gasteiger partial charge < -0.3 is 10.2 Å². The molecule has 4 heteroatoms. The average Bonchev–Trinajstić information content (AvgIpc) is 2.71. The third-order valence-corrected chi connectivity index (χ3v) is 5.16. The van der Waals surface area contributed by atoms with E-state index in [1.165, 1.54) is 30.6 Å². The molecule has 3 heterocycles. The zero-order chi connectivity index (χ0) is 14.1. The van der Waals surface area contributed by atoms with Crippen LogP contribution in [0.25, 0.3) is 0 Å². The summed E-state index contributed by atoms with van der Waals surface area (Å²) in [5.74, 6) is 1.18. The molecule has 2 saturated heterocycles. The summed E-state index contributed by atoms with van der Waals surface area (Å²) in [6.07, 6.45) is 5.89. The summed E-state index contributed by atoms with van der Waals surface area (Å²) < 4.78 is 0. The highest BCUT2D eigenvalue weighted by Gasteiger charge is 2.35. The van der Waals surface area contributed by atoms with Gasteiger partial charge in [0, 0.05) is 43.0 Å². The van der Waals surface area contributed by atoms with Crippen molar-refractivity contribution in [1.82, 2.24) is 15.2 Å². The topological polar surface area (TPSA) is 31.4 Å². The fourth-order valence-electron chi connectivity index (χ4n) is 3.67. The van der Waals surface area contributed by atoms with Crippen molar-refractivity contribution in [3.8, 4) is 0 Å². The van der Waals surface area contributed by atoms with Crippen LogP contribution in [0.4, 0.5) is 5.82 Å². The number of hydrogen-bond acceptors (Lipinski definition) is 4. The number of likely N-dealkylation sites (N-methyl/N-ethyl adjacent to an activating group) is 1. The zero-order valence-corrected chi connectivity index (χ0v) is 12.8. The van der Waals surface area contributed by atoms with E-state index in [9.17, 15) is 0 Å². The Bertz CT molecular complexity index is 462. The van der Waals surface area contributed by atoms with Crippen LogP contribution in [0.2, 0.25) is 0 Å². The summed E-state index contributed by atoms with van der Waals surface area (Å²) in [5.41, 5.74) is 1.32. The molecule has 3 atom stereocenters. The summed E-state index contributed by atoms with van der Waals surface area (Å²) in [6, 6.07) is 6.07. The van der Waals surface area contributed by atoms with Crippen molar-refractivity contribution in [1.29, 1.82) is 0 Å². The average molecular weight is 274 g/mol. The maximum absolute atomic E-state index is 4.69. The molecule has 2 fully saturated rings. The number of hydrogen-bond donors (Lipinski definition) is 1. The number of rotatable bonds is 3. The molecule has 20 heavy (non-hydrogen) atoms. The van der Waals surface area contributed by atoms with Gasteiger partial charge in [0.1, 0.15) is 5.82 Å². The zero-order valence-electron chi connectivity index (χ0n) is 12.8. The lowest BCUT2D eigenvalue weighted by Crippen LogP contribution is -2.37. The second kappa shape index (κ2) is 5.70. The molecule has 1 N–H and O–H groups in total. The third-order valence-electron chi connectivity index (χ3n) is 5.16. The van der Waals surface area contributed by atoms with E-state index in [1.54, 1.807) is 0 Å². The molecule has 3 unspecified atom stereocenters. The van der Waals surface area contributed by atoms with E-state index in [0.717, 1.165) is 19.1 Å². The molecule has 0 spiro atoms. The Morgan fingerprint density at radius 1 is 1.30 bits per heavy atom. The van der Waals surface area contributed by atoms with Crippen LogP contribution in [-0.2, 0) is 0 Å². The number of pyridine rings is 1. The molecular formula is C16H26N4. The Kier molecular flexibility index (Phi) is 3.94. The van der Waals surface area contributed by atoms with Gasteiger partial charge in [-0.1, -0.05) is 6.07 Å². The lowest BCUT2D eigenvalue weighted by Gasteiger charge is -2.29. The fraction of sp³-hybridized carbons (Fsp3) is 0.688. The van der Waals surface area contributed by atoms with Gasteiger partial charge >= 0.3 is 0 Å². The van der Waals surface area contributed by atoms with Crippen molar-refractivity contribution < 1.29 is 0 Å². The van der Waals surface area contributed by atoms with E-state index in [-0.39, 0.29) is 0 Å². The second-order valence-corrected chi connectivity index (χ2v) is 6.21. The maximum Gasteiger partial charge on any atom is 0.133 e. The number of fused-ring (bicyclic) bond motifs is 2. The number of anilines is 1. The van der Waals surface area contributed by atoms with Crippen LogP contribution in [0, 0.1) is 0 Å². The van der Waals surface area contributed by atoms with Crippen LogP contribution in [0.5, 0.6) is 0 Å². The second-order valence-electron chi connectivity index (χ2n) is 6.21. The Morgan fingerprint density at radius 2 is 2.10 bits per heavy atom. The minimum atomic E-state index is 0.344. The summed E-state index contributed by atoms with van der Waals surface area (Å²) in [5, 5.41) is 3.34. The number of aromatic nitrogens is 1. The summed E-state index contributed by atoms with van der Waals surface area (Å²) in [4.78, 5) is 9.78. The van der Waals surface area contributed by atoms with Crippen LogP contribution in [0.3, 0.4) is 0 Å². The first-order chi connectivity index (χ1) is 9.70. The lowest BCUT2D eigenvalue weighted by atomic mass is 10.1. The normalized spacial score (nSPS) is 28.4. The lowest BCUT2D eigenvalue weighted by molar-refractivity contribution is 0.254. The van der Waals surface area contributed by atoms with E-state index in [0.29, 0.717) is 12.1 Å². The van der Waals surface area contributed by atoms with Crippen LogP contribution in [0.1, 0.15) is 37.8 Å². The van der Waals surface area contributed by atoms with Crippen LogP contribution < -0.4 is 10.2 Å². The van der Waals surface area contributed by atoms with Gasteiger partial charge in [-0.3, -0.25) is 4.90 Å². The van der Waals surface area contributed by atoms with Crippen LogP contribution in [0.15, 0.2) is 18.3 Å². The first kappa shape index (κ1) is 13.8. The molecule has 110 valence electrons. The van der Waals surface area contributed by atoms with Crippen LogP contribution >= 0.6 is 0 Å². The smallest absolute Gasteiger partial charge is 0.133 e. The molecule has 0 aromatic carbocycles. The Hall–Kier alpha value is -1.13. The molecule has 2 aliphatic heterocycles. The first-order valence-electron chi connectivity index (χ1n) is 7.79. The summed E-state index contributed by atoms with van der Waals surface area (Å²) >= 11 is 0. The third kappa shape index (κ3) is 2.42. The molecule has 0 amide bonds. The van der Waals surface area contributed by atoms with E-state index in [2.05, 4.69) is 40.1 Å². The molecule has 3 rings (SSSR count). The maximum atomic E-state index is 4.69. The predicted molar refractivity (Wildman–Crippen MR) is 83.1 cm³/mol. The van der Waals surface area contributed by atoms with Crippen molar-refractivity contribution in [3.05, 3.63) is 23.9 Å². The van der Waals surface area contributed by atoms with E-state index < -0.39 is 0 Å². The van der Waals surface area contributed by atoms with E-state index >= 15 is 0 Å². The molecule has 1 aromatic rings. The highest BCUT2D eigenvalue weighted by molar-refractivity contribution is 5.49. The van der Waals surface area contributed by atoms with Crippen molar-refractivity contribution in [3.63, 3.8) is 0 Å². The SMILES string of the molecule is CNC(C)c1cccnc1N1CCC2CCC(C1)N2C. The predicted octanol–water partition coefficient (Wildman–Crippen LogP) is 2.03. The quantitative estimate of drug-likeness (QED) is 0.914. The van der Waals surface area contributed by atoms with E-state index in [4.69, 9.17) is 0 Å². The fourth-order valence-corrected chi connectivity index (χ4v) is 3.67. The minimum Gasteiger partial charge on any atom is -0.355 e. The molecule has 0 radical (unpaired) electrons. The largest absolute Gasteiger partial charge is 0.355 e. The highest BCUT2D eigenvalue weighted by Crippen LogP contribution is 2.32. The summed E-state index contributed by atoms with van der Waals surface area (Å²) in [7, 11) is 4.31. The van der Waals surface area contributed by atoms with E-state index in [1.807, 2.05) is 19.3 Å². The highest BCUT2D eigenvalue weighted by atomic mass is 15.3. The minimum absolute atomic E-state index is 0.344. The van der Waals surface area contributed by atoms with Gasteiger partial charge in [0.2, 0.25) is 0 Å². The Balaban J connectivity index is 1.86. The van der Waals surface area contributed by atoms with Gasteiger partial charge in [-0.15, -0.1) is 0 Å².